The third kappa shape index (κ3) is 2.95. The van der Waals surface area contributed by atoms with Crippen LogP contribution in [0.5, 0.6) is 0 Å². The summed E-state index contributed by atoms with van der Waals surface area (Å²) in [4.78, 5) is 11.7. The number of carbonyl (C=O) groups excluding carboxylic acids is 1. The second-order valence-electron chi connectivity index (χ2n) is 4.56. The molecule has 5 nitrogen and oxygen atoms in total. The van der Waals surface area contributed by atoms with Crippen molar-refractivity contribution in [3.8, 4) is 0 Å². The van der Waals surface area contributed by atoms with Crippen LogP contribution in [0.1, 0.15) is 18.9 Å². The normalized spacial score (nSPS) is 21.7. The smallest absolute Gasteiger partial charge is 0.439 e. The van der Waals surface area contributed by atoms with Crippen LogP contribution in [0.15, 0.2) is 33.8 Å². The Bertz CT molecular complexity index is 604. The minimum Gasteiger partial charge on any atom is -0.448 e. The number of benzene rings is 1. The summed E-state index contributed by atoms with van der Waals surface area (Å²) in [6.07, 6.45) is -7.29. The maximum atomic E-state index is 13.2. The zero-order valence-electron chi connectivity index (χ0n) is 11.4. The number of ether oxygens (including phenoxy) is 1. The molecule has 0 spiro atoms. The van der Waals surface area contributed by atoms with E-state index in [1.54, 1.807) is 12.1 Å². The first-order valence-corrected chi connectivity index (χ1v) is 7.08. The average Bonchev–Trinajstić information content (AvgIpc) is 2.79. The van der Waals surface area contributed by atoms with Gasteiger partial charge in [-0.1, -0.05) is 28.1 Å². The van der Waals surface area contributed by atoms with E-state index in [-0.39, 0.29) is 17.3 Å². The van der Waals surface area contributed by atoms with Crippen molar-refractivity contribution in [2.24, 2.45) is 5.10 Å². The molecule has 0 saturated heterocycles. The Labute approximate surface area is 132 Å². The van der Waals surface area contributed by atoms with Crippen molar-refractivity contribution >= 4 is 27.7 Å². The molecular formula is C13H12BrF3N2O3. The van der Waals surface area contributed by atoms with Gasteiger partial charge < -0.3 is 9.84 Å². The molecular weight excluding hydrogens is 369 g/mol. The van der Waals surface area contributed by atoms with Crippen LogP contribution in [0.3, 0.4) is 0 Å². The highest BCUT2D eigenvalue weighted by atomic mass is 79.9. The molecule has 0 saturated carbocycles. The van der Waals surface area contributed by atoms with Crippen molar-refractivity contribution in [1.82, 2.24) is 5.01 Å². The van der Waals surface area contributed by atoms with Crippen LogP contribution in [0.25, 0.3) is 0 Å². The molecule has 0 bridgehead atoms. The Morgan fingerprint density at radius 3 is 2.55 bits per heavy atom. The van der Waals surface area contributed by atoms with Crippen molar-refractivity contribution in [2.75, 3.05) is 6.61 Å². The minimum atomic E-state index is -5.07. The molecule has 0 unspecified atom stereocenters. The van der Waals surface area contributed by atoms with Crippen molar-refractivity contribution in [3.05, 3.63) is 34.3 Å². The van der Waals surface area contributed by atoms with E-state index in [1.807, 2.05) is 0 Å². The summed E-state index contributed by atoms with van der Waals surface area (Å²) in [6, 6.07) is 6.32. The minimum absolute atomic E-state index is 0.0477. The number of nitrogens with zero attached hydrogens (tertiary/aromatic N) is 2. The fourth-order valence-electron chi connectivity index (χ4n) is 1.95. The molecule has 1 aliphatic heterocycles. The molecule has 0 fully saturated rings. The number of hydrogen-bond donors (Lipinski definition) is 1. The third-order valence-electron chi connectivity index (χ3n) is 3.06. The van der Waals surface area contributed by atoms with Gasteiger partial charge in [-0.15, -0.1) is 0 Å². The van der Waals surface area contributed by atoms with Gasteiger partial charge in [0.25, 0.3) is 5.72 Å². The first kappa shape index (κ1) is 16.8. The second kappa shape index (κ2) is 5.88. The van der Waals surface area contributed by atoms with E-state index >= 15 is 0 Å². The van der Waals surface area contributed by atoms with Gasteiger partial charge in [-0.05, 0) is 24.6 Å². The van der Waals surface area contributed by atoms with Crippen molar-refractivity contribution in [2.45, 2.75) is 25.2 Å². The summed E-state index contributed by atoms with van der Waals surface area (Å²) in [5.74, 6) is 0. The molecule has 0 aliphatic carbocycles. The van der Waals surface area contributed by atoms with Gasteiger partial charge in [0.1, 0.15) is 0 Å². The molecule has 0 aromatic heterocycles. The lowest BCUT2D eigenvalue weighted by Gasteiger charge is -2.31. The van der Waals surface area contributed by atoms with Gasteiger partial charge in [-0.3, -0.25) is 0 Å². The Hall–Kier alpha value is -1.61. The number of carbonyl (C=O) groups is 1. The molecule has 22 heavy (non-hydrogen) atoms. The highest BCUT2D eigenvalue weighted by Gasteiger charge is 2.64. The van der Waals surface area contributed by atoms with E-state index in [2.05, 4.69) is 25.8 Å². The molecule has 120 valence electrons. The molecule has 0 radical (unpaired) electrons. The van der Waals surface area contributed by atoms with Crippen LogP contribution in [0.2, 0.25) is 0 Å². The number of halogens is 4. The maximum Gasteiger partial charge on any atom is 0.439 e. The van der Waals surface area contributed by atoms with Crippen molar-refractivity contribution < 1.29 is 27.8 Å². The Kier molecular flexibility index (Phi) is 4.48. The van der Waals surface area contributed by atoms with Gasteiger partial charge in [-0.25, -0.2) is 4.79 Å². The van der Waals surface area contributed by atoms with Crippen LogP contribution < -0.4 is 0 Å². The number of aliphatic hydroxyl groups is 1. The number of rotatable bonds is 2. The first-order valence-electron chi connectivity index (χ1n) is 6.28. The summed E-state index contributed by atoms with van der Waals surface area (Å²) in [5, 5.41) is 13.5. The molecule has 2 rings (SSSR count). The lowest BCUT2D eigenvalue weighted by Crippen LogP contribution is -2.56. The molecule has 1 N–H and O–H groups in total. The van der Waals surface area contributed by atoms with Gasteiger partial charge in [0.2, 0.25) is 0 Å². The van der Waals surface area contributed by atoms with Gasteiger partial charge in [0.15, 0.2) is 0 Å². The van der Waals surface area contributed by atoms with E-state index in [9.17, 15) is 23.1 Å². The largest absolute Gasteiger partial charge is 0.448 e. The topological polar surface area (TPSA) is 62.1 Å². The monoisotopic (exact) mass is 380 g/mol. The summed E-state index contributed by atoms with van der Waals surface area (Å²) >= 11 is 3.21. The van der Waals surface area contributed by atoms with Crippen LogP contribution in [-0.4, -0.2) is 40.4 Å². The third-order valence-corrected chi connectivity index (χ3v) is 3.59. The van der Waals surface area contributed by atoms with E-state index < -0.39 is 24.4 Å². The second-order valence-corrected chi connectivity index (χ2v) is 5.47. The summed E-state index contributed by atoms with van der Waals surface area (Å²) in [5.41, 5.74) is -3.10. The van der Waals surface area contributed by atoms with Crippen LogP contribution in [0.4, 0.5) is 18.0 Å². The number of hydrogen-bond acceptors (Lipinski definition) is 4. The number of amides is 1. The highest BCUT2D eigenvalue weighted by Crippen LogP contribution is 2.41. The molecule has 1 aromatic carbocycles. The van der Waals surface area contributed by atoms with Crippen LogP contribution in [-0.2, 0) is 4.74 Å². The number of hydrazone groups is 1. The fraction of sp³-hybridized carbons (Fsp3) is 0.385. The van der Waals surface area contributed by atoms with Gasteiger partial charge in [0.05, 0.1) is 18.7 Å². The Morgan fingerprint density at radius 2 is 2.05 bits per heavy atom. The predicted molar refractivity (Wildman–Crippen MR) is 75.2 cm³/mol. The van der Waals surface area contributed by atoms with Crippen molar-refractivity contribution in [3.63, 3.8) is 0 Å². The van der Waals surface area contributed by atoms with Crippen molar-refractivity contribution in [1.29, 1.82) is 0 Å². The predicted octanol–water partition coefficient (Wildman–Crippen LogP) is 3.27. The fourth-order valence-corrected chi connectivity index (χ4v) is 2.21. The van der Waals surface area contributed by atoms with E-state index in [1.165, 1.54) is 19.1 Å². The Balaban J connectivity index is 2.40. The summed E-state index contributed by atoms with van der Waals surface area (Å²) in [7, 11) is 0. The molecule has 1 atom stereocenters. The zero-order chi connectivity index (χ0) is 16.5. The first-order chi connectivity index (χ1) is 10.2. The van der Waals surface area contributed by atoms with E-state index in [4.69, 9.17) is 0 Å². The molecule has 1 aliphatic rings. The SMILES string of the molecule is CCOC(=O)N1N=C(c2ccc(Br)cc2)C[C@]1(O)C(F)(F)F. The van der Waals surface area contributed by atoms with Gasteiger partial charge >= 0.3 is 12.3 Å². The lowest BCUT2D eigenvalue weighted by molar-refractivity contribution is -0.299. The highest BCUT2D eigenvalue weighted by molar-refractivity contribution is 9.10. The average molecular weight is 381 g/mol. The van der Waals surface area contributed by atoms with E-state index in [0.717, 1.165) is 4.47 Å². The quantitative estimate of drug-likeness (QED) is 0.856. The van der Waals surface area contributed by atoms with Gasteiger partial charge in [-0.2, -0.15) is 23.3 Å². The summed E-state index contributed by atoms with van der Waals surface area (Å²) in [6.45, 7) is 1.31. The number of alkyl halides is 3. The Morgan fingerprint density at radius 1 is 1.45 bits per heavy atom. The molecule has 1 heterocycles. The standard InChI is InChI=1S/C13H12BrF3N2O3/c1-2-22-11(20)19-12(21,13(15,16)17)7-10(18-19)8-3-5-9(14)6-4-8/h3-6,21H,2,7H2,1H3/t12-/m0/s1. The molecule has 1 aromatic rings. The van der Waals surface area contributed by atoms with Gasteiger partial charge in [0, 0.05) is 4.47 Å². The van der Waals surface area contributed by atoms with Crippen LogP contribution in [0, 0.1) is 0 Å². The summed E-state index contributed by atoms with van der Waals surface area (Å²) < 4.78 is 44.8. The molecule has 1 amide bonds. The zero-order valence-corrected chi connectivity index (χ0v) is 13.0. The van der Waals surface area contributed by atoms with Crippen LogP contribution >= 0.6 is 15.9 Å². The maximum absolute atomic E-state index is 13.2. The molecule has 9 heteroatoms. The lowest BCUT2D eigenvalue weighted by atomic mass is 10.0. The van der Waals surface area contributed by atoms with E-state index in [0.29, 0.717) is 5.56 Å².